The van der Waals surface area contributed by atoms with Crippen LogP contribution in [0.15, 0.2) is 23.2 Å². The number of carbonyl (C=O) groups excluding carboxylic acids is 1. The van der Waals surface area contributed by atoms with E-state index in [1.807, 2.05) is 19.9 Å². The third kappa shape index (κ3) is 4.28. The zero-order chi connectivity index (χ0) is 11.8. The van der Waals surface area contributed by atoms with E-state index in [2.05, 4.69) is 0 Å². The summed E-state index contributed by atoms with van der Waals surface area (Å²) in [5.41, 5.74) is 0.418. The van der Waals surface area contributed by atoms with Gasteiger partial charge >= 0.3 is 0 Å². The lowest BCUT2D eigenvalue weighted by atomic mass is 9.99. The van der Waals surface area contributed by atoms with Crippen LogP contribution in [-0.4, -0.2) is 12.9 Å². The third-order valence-electron chi connectivity index (χ3n) is 1.96. The Kier molecular flexibility index (Phi) is 6.67. The first kappa shape index (κ1) is 13.9. The van der Waals surface area contributed by atoms with Crippen LogP contribution < -0.4 is 0 Å². The molecular weight excluding hydrogens is 195 g/mol. The number of ether oxygens (including phenoxy) is 1. The lowest BCUT2D eigenvalue weighted by molar-refractivity contribution is -0.116. The molecule has 0 spiro atoms. The second-order valence-corrected chi connectivity index (χ2v) is 3.07. The van der Waals surface area contributed by atoms with Crippen molar-refractivity contribution in [2.24, 2.45) is 0 Å². The van der Waals surface area contributed by atoms with Gasteiger partial charge in [-0.3, -0.25) is 4.79 Å². The van der Waals surface area contributed by atoms with Crippen LogP contribution in [0.1, 0.15) is 40.0 Å². The summed E-state index contributed by atoms with van der Waals surface area (Å²) >= 11 is 0. The molecule has 0 fully saturated rings. The minimum absolute atomic E-state index is 0.0463. The predicted octanol–water partition coefficient (Wildman–Crippen LogP) is 3.54. The minimum Gasteiger partial charge on any atom is -0.497 e. The largest absolute Gasteiger partial charge is 0.497 e. The van der Waals surface area contributed by atoms with Crippen molar-refractivity contribution in [3.05, 3.63) is 23.2 Å². The van der Waals surface area contributed by atoms with Crippen LogP contribution in [0.25, 0.3) is 0 Å². The Bertz CT molecular complexity index is 277. The molecule has 86 valence electrons. The van der Waals surface area contributed by atoms with E-state index < -0.39 is 0 Å². The molecule has 1 aliphatic carbocycles. The molecule has 0 aliphatic heterocycles. The molecule has 0 N–H and O–H groups in total. The molecule has 0 bridgehead atoms. The molecule has 0 radical (unpaired) electrons. The van der Waals surface area contributed by atoms with E-state index in [-0.39, 0.29) is 18.0 Å². The van der Waals surface area contributed by atoms with E-state index in [1.165, 1.54) is 14.0 Å². The zero-order valence-electron chi connectivity index (χ0n) is 9.89. The average molecular weight is 214 g/mol. The molecule has 1 aliphatic rings. The topological polar surface area (TPSA) is 26.3 Å². The van der Waals surface area contributed by atoms with Crippen molar-refractivity contribution >= 4 is 5.78 Å². The predicted molar refractivity (Wildman–Crippen MR) is 59.1 cm³/mol. The van der Waals surface area contributed by atoms with Gasteiger partial charge in [-0.25, -0.2) is 4.39 Å². The van der Waals surface area contributed by atoms with Crippen LogP contribution in [0, 0.1) is 0 Å². The number of hydrogen-bond donors (Lipinski definition) is 0. The van der Waals surface area contributed by atoms with Crippen molar-refractivity contribution in [1.29, 1.82) is 0 Å². The van der Waals surface area contributed by atoms with Gasteiger partial charge < -0.3 is 4.74 Å². The summed E-state index contributed by atoms with van der Waals surface area (Å²) in [5.74, 6) is 0.253. The second-order valence-electron chi connectivity index (χ2n) is 3.07. The van der Waals surface area contributed by atoms with Gasteiger partial charge in [-0.15, -0.1) is 0 Å². The van der Waals surface area contributed by atoms with Crippen molar-refractivity contribution < 1.29 is 13.9 Å². The van der Waals surface area contributed by atoms with Crippen LogP contribution in [0.5, 0.6) is 0 Å². The summed E-state index contributed by atoms with van der Waals surface area (Å²) in [4.78, 5) is 10.8. The monoisotopic (exact) mass is 214 g/mol. The summed E-state index contributed by atoms with van der Waals surface area (Å²) in [6.45, 7) is 5.45. The molecule has 0 atom stereocenters. The van der Waals surface area contributed by atoms with Crippen molar-refractivity contribution in [2.45, 2.75) is 40.0 Å². The molecule has 1 rings (SSSR count). The van der Waals surface area contributed by atoms with Gasteiger partial charge in [-0.1, -0.05) is 13.8 Å². The van der Waals surface area contributed by atoms with Gasteiger partial charge in [0.25, 0.3) is 0 Å². The number of Topliss-reactive ketones (excluding diaryl/α,β-unsaturated/α-hetero) is 1. The Hall–Kier alpha value is -1.12. The van der Waals surface area contributed by atoms with Gasteiger partial charge in [0, 0.05) is 18.4 Å². The van der Waals surface area contributed by atoms with Gasteiger partial charge in [0.2, 0.25) is 0 Å². The van der Waals surface area contributed by atoms with E-state index in [4.69, 9.17) is 4.74 Å². The van der Waals surface area contributed by atoms with Crippen LogP contribution >= 0.6 is 0 Å². The van der Waals surface area contributed by atoms with Gasteiger partial charge in [-0.2, -0.15) is 0 Å². The number of carbonyl (C=O) groups is 1. The van der Waals surface area contributed by atoms with Crippen LogP contribution in [-0.2, 0) is 9.53 Å². The average Bonchev–Trinajstić information content (AvgIpc) is 2.23. The molecule has 0 aromatic rings. The summed E-state index contributed by atoms with van der Waals surface area (Å²) in [6, 6.07) is 0. The van der Waals surface area contributed by atoms with Crippen LogP contribution in [0.4, 0.5) is 4.39 Å². The Morgan fingerprint density at radius 3 is 2.60 bits per heavy atom. The normalized spacial score (nSPS) is 15.1. The van der Waals surface area contributed by atoms with E-state index in [0.29, 0.717) is 24.2 Å². The maximum Gasteiger partial charge on any atom is 0.134 e. The first-order valence-corrected chi connectivity index (χ1v) is 5.26. The third-order valence-corrected chi connectivity index (χ3v) is 1.96. The highest BCUT2D eigenvalue weighted by molar-refractivity contribution is 5.79. The fourth-order valence-corrected chi connectivity index (χ4v) is 1.38. The highest BCUT2D eigenvalue weighted by Gasteiger charge is 2.17. The fourth-order valence-electron chi connectivity index (χ4n) is 1.38. The van der Waals surface area contributed by atoms with Crippen molar-refractivity contribution in [1.82, 2.24) is 0 Å². The Labute approximate surface area is 90.8 Å². The first-order chi connectivity index (χ1) is 7.15. The van der Waals surface area contributed by atoms with E-state index in [9.17, 15) is 9.18 Å². The number of hydrogen-bond acceptors (Lipinski definition) is 2. The molecule has 0 aromatic carbocycles. The number of halogens is 1. The molecule has 0 heterocycles. The van der Waals surface area contributed by atoms with Gasteiger partial charge in [0.1, 0.15) is 17.4 Å². The smallest absolute Gasteiger partial charge is 0.134 e. The van der Waals surface area contributed by atoms with Gasteiger partial charge in [0.05, 0.1) is 7.11 Å². The Morgan fingerprint density at radius 1 is 1.53 bits per heavy atom. The van der Waals surface area contributed by atoms with Gasteiger partial charge in [0.15, 0.2) is 0 Å². The lowest BCUT2D eigenvalue weighted by Gasteiger charge is -2.15. The Balaban J connectivity index is 0.000000921. The standard InChI is InChI=1S/C10H13FO2.C2H6/c1-7(12)6-8-9(11)4-3-5-10(8)13-2;1-2/h5H,3-4,6H2,1-2H3;1-2H3. The molecule has 0 amide bonds. The second kappa shape index (κ2) is 7.21. The molecule has 3 heteroatoms. The first-order valence-electron chi connectivity index (χ1n) is 5.26. The molecule has 2 nitrogen and oxygen atoms in total. The molecule has 0 unspecified atom stereocenters. The maximum absolute atomic E-state index is 13.3. The number of methoxy groups -OCH3 is 1. The molecule has 15 heavy (non-hydrogen) atoms. The SMILES string of the molecule is CC.COC1=CCCC(F)=C1CC(C)=O. The maximum atomic E-state index is 13.3. The van der Waals surface area contributed by atoms with Crippen molar-refractivity contribution in [3.63, 3.8) is 0 Å². The lowest BCUT2D eigenvalue weighted by Crippen LogP contribution is -2.04. The van der Waals surface area contributed by atoms with Crippen molar-refractivity contribution in [2.75, 3.05) is 7.11 Å². The van der Waals surface area contributed by atoms with Crippen LogP contribution in [0.2, 0.25) is 0 Å². The Morgan fingerprint density at radius 2 is 2.13 bits per heavy atom. The van der Waals surface area contributed by atoms with Crippen LogP contribution in [0.3, 0.4) is 0 Å². The molecular formula is C12H19FO2. The summed E-state index contributed by atoms with van der Waals surface area (Å²) < 4.78 is 18.2. The summed E-state index contributed by atoms with van der Waals surface area (Å²) in [5, 5.41) is 0. The summed E-state index contributed by atoms with van der Waals surface area (Å²) in [6.07, 6.45) is 2.98. The van der Waals surface area contributed by atoms with Gasteiger partial charge in [-0.05, 0) is 19.4 Å². The number of ketones is 1. The quantitative estimate of drug-likeness (QED) is 0.718. The number of allylic oxidation sites excluding steroid dienone is 3. The fraction of sp³-hybridized carbons (Fsp3) is 0.583. The molecule has 0 aromatic heterocycles. The van der Waals surface area contributed by atoms with E-state index in [1.54, 1.807) is 0 Å². The van der Waals surface area contributed by atoms with Crippen molar-refractivity contribution in [3.8, 4) is 0 Å². The van der Waals surface area contributed by atoms with E-state index in [0.717, 1.165) is 0 Å². The number of rotatable bonds is 3. The van der Waals surface area contributed by atoms with E-state index >= 15 is 0 Å². The highest BCUT2D eigenvalue weighted by Crippen LogP contribution is 2.28. The summed E-state index contributed by atoms with van der Waals surface area (Å²) in [7, 11) is 1.49. The molecule has 0 saturated carbocycles. The minimum atomic E-state index is -0.213. The zero-order valence-corrected chi connectivity index (χ0v) is 9.89. The highest BCUT2D eigenvalue weighted by atomic mass is 19.1. The molecule has 0 saturated heterocycles.